The van der Waals surface area contributed by atoms with Crippen molar-refractivity contribution in [1.29, 1.82) is 0 Å². The zero-order valence-corrected chi connectivity index (χ0v) is 8.26. The number of hydrogen-bond donors (Lipinski definition) is 1. The number of fused-ring (bicyclic) bond motifs is 1. The van der Waals surface area contributed by atoms with Crippen molar-refractivity contribution >= 4 is 40.4 Å². The van der Waals surface area contributed by atoms with E-state index in [0.29, 0.717) is 5.56 Å². The minimum absolute atomic E-state index is 0.413. The molecule has 2 nitrogen and oxygen atoms in total. The van der Waals surface area contributed by atoms with Crippen molar-refractivity contribution in [3.05, 3.63) is 34.4 Å². The van der Waals surface area contributed by atoms with Crippen molar-refractivity contribution < 1.29 is 4.79 Å². The van der Waals surface area contributed by atoms with Crippen LogP contribution in [-0.2, 0) is 0 Å². The summed E-state index contributed by atoms with van der Waals surface area (Å²) in [6.07, 6.45) is 1.62. The van der Waals surface area contributed by atoms with Crippen LogP contribution < -0.4 is 0 Å². The molecule has 0 aliphatic carbocycles. The highest BCUT2D eigenvalue weighted by molar-refractivity contribution is 9.10. The van der Waals surface area contributed by atoms with Crippen molar-refractivity contribution in [3.8, 4) is 0 Å². The van der Waals surface area contributed by atoms with E-state index in [2.05, 4.69) is 20.9 Å². The summed E-state index contributed by atoms with van der Waals surface area (Å²) in [6, 6.07) is 5.67. The first-order valence-electron chi connectivity index (χ1n) is 3.75. The number of halogens is 1. The molecule has 0 spiro atoms. The lowest BCUT2D eigenvalue weighted by Crippen LogP contribution is -1.94. The second-order valence-electron chi connectivity index (χ2n) is 2.76. The number of rotatable bonds is 1. The Morgan fingerprint density at radius 2 is 2.23 bits per heavy atom. The van der Waals surface area contributed by atoms with E-state index in [0.717, 1.165) is 15.4 Å². The summed E-state index contributed by atoms with van der Waals surface area (Å²) in [5.41, 5.74) is 1.03. The van der Waals surface area contributed by atoms with Crippen LogP contribution in [0.25, 0.3) is 10.9 Å². The zero-order valence-electron chi connectivity index (χ0n) is 6.67. The van der Waals surface area contributed by atoms with Crippen LogP contribution in [-0.4, -0.2) is 18.5 Å². The molecule has 13 heavy (non-hydrogen) atoms. The van der Waals surface area contributed by atoms with Gasteiger partial charge in [-0.05, 0) is 18.2 Å². The molecule has 0 aliphatic rings. The van der Waals surface area contributed by atoms with E-state index in [9.17, 15) is 4.79 Å². The number of hydrogen-bond acceptors (Lipinski definition) is 1. The number of nitrogens with one attached hydrogen (secondary N) is 1. The standard InChI is InChI=1S/C9H5BBrNO/c10-9(13)7-4-12-8-2-1-5(11)3-6(7)8/h1-4,12H. The summed E-state index contributed by atoms with van der Waals surface area (Å²) in [7, 11) is 5.20. The SMILES string of the molecule is [B]C(=O)c1c[nH]c2ccc(Br)cc12. The van der Waals surface area contributed by atoms with Gasteiger partial charge in [0.15, 0.2) is 7.85 Å². The fraction of sp³-hybridized carbons (Fsp3) is 0. The molecule has 1 aromatic carbocycles. The summed E-state index contributed by atoms with van der Waals surface area (Å²) in [6.45, 7) is 0. The Balaban J connectivity index is 2.79. The molecule has 0 saturated heterocycles. The molecular formula is C9H5BBrNO. The first-order valence-corrected chi connectivity index (χ1v) is 4.54. The quantitative estimate of drug-likeness (QED) is 0.754. The average Bonchev–Trinajstić information content (AvgIpc) is 2.46. The normalized spacial score (nSPS) is 10.5. The van der Waals surface area contributed by atoms with Gasteiger partial charge in [0.05, 0.1) is 0 Å². The lowest BCUT2D eigenvalue weighted by Gasteiger charge is -1.94. The molecule has 0 saturated carbocycles. The largest absolute Gasteiger partial charge is 0.360 e. The van der Waals surface area contributed by atoms with Crippen molar-refractivity contribution in [1.82, 2.24) is 4.98 Å². The van der Waals surface area contributed by atoms with Gasteiger partial charge in [-0.25, -0.2) is 0 Å². The summed E-state index contributed by atoms with van der Waals surface area (Å²) < 4.78 is 0.933. The van der Waals surface area contributed by atoms with Gasteiger partial charge in [0.25, 0.3) is 0 Å². The van der Waals surface area contributed by atoms with Gasteiger partial charge in [0, 0.05) is 27.1 Å². The molecule has 0 aliphatic heterocycles. The predicted molar refractivity (Wildman–Crippen MR) is 56.1 cm³/mol. The van der Waals surface area contributed by atoms with Crippen LogP contribution in [0.3, 0.4) is 0 Å². The highest BCUT2D eigenvalue weighted by atomic mass is 79.9. The molecule has 2 radical (unpaired) electrons. The Hall–Kier alpha value is -1.03. The average molecular weight is 234 g/mol. The summed E-state index contributed by atoms with van der Waals surface area (Å²) in [4.78, 5) is 13.9. The van der Waals surface area contributed by atoms with E-state index in [1.165, 1.54) is 0 Å². The third-order valence-corrected chi connectivity index (χ3v) is 2.40. The predicted octanol–water partition coefficient (Wildman–Crippen LogP) is 2.24. The van der Waals surface area contributed by atoms with Crippen LogP contribution in [0.4, 0.5) is 0 Å². The summed E-state index contributed by atoms with van der Waals surface area (Å²) in [5.74, 6) is 0. The van der Waals surface area contributed by atoms with Crippen molar-refractivity contribution in [2.75, 3.05) is 0 Å². The molecule has 1 aromatic heterocycles. The Kier molecular flexibility index (Phi) is 2.00. The molecule has 1 N–H and O–H groups in total. The Labute approximate surface area is 84.9 Å². The van der Waals surface area contributed by atoms with E-state index in [-0.39, 0.29) is 0 Å². The molecule has 4 heteroatoms. The van der Waals surface area contributed by atoms with E-state index >= 15 is 0 Å². The van der Waals surface area contributed by atoms with E-state index in [1.807, 2.05) is 18.2 Å². The number of carbonyl (C=O) groups excluding carboxylic acids is 1. The highest BCUT2D eigenvalue weighted by Gasteiger charge is 2.06. The van der Waals surface area contributed by atoms with Crippen molar-refractivity contribution in [2.24, 2.45) is 0 Å². The zero-order chi connectivity index (χ0) is 9.42. The van der Waals surface area contributed by atoms with Gasteiger partial charge in [-0.3, -0.25) is 0 Å². The Bertz CT molecular complexity index is 477. The molecule has 0 fully saturated rings. The van der Waals surface area contributed by atoms with Crippen LogP contribution in [0.15, 0.2) is 28.9 Å². The minimum atomic E-state index is -0.413. The Morgan fingerprint density at radius 1 is 1.46 bits per heavy atom. The van der Waals surface area contributed by atoms with Crippen LogP contribution in [0, 0.1) is 0 Å². The van der Waals surface area contributed by atoms with Gasteiger partial charge in [-0.2, -0.15) is 0 Å². The fourth-order valence-electron chi connectivity index (χ4n) is 1.30. The second-order valence-corrected chi connectivity index (χ2v) is 3.67. The maximum Gasteiger partial charge on any atom is 0.175 e. The molecular weight excluding hydrogens is 229 g/mol. The topological polar surface area (TPSA) is 32.9 Å². The third kappa shape index (κ3) is 1.42. The Morgan fingerprint density at radius 3 is 2.92 bits per heavy atom. The maximum absolute atomic E-state index is 11.0. The molecule has 0 amide bonds. The molecule has 1 heterocycles. The molecule has 0 atom stereocenters. The van der Waals surface area contributed by atoms with Crippen LogP contribution in [0.2, 0.25) is 0 Å². The van der Waals surface area contributed by atoms with Crippen LogP contribution >= 0.6 is 15.9 Å². The van der Waals surface area contributed by atoms with E-state index in [4.69, 9.17) is 7.85 Å². The molecule has 2 aromatic rings. The minimum Gasteiger partial charge on any atom is -0.360 e. The number of carbonyl (C=O) groups is 1. The van der Waals surface area contributed by atoms with E-state index in [1.54, 1.807) is 6.20 Å². The maximum atomic E-state index is 11.0. The van der Waals surface area contributed by atoms with Gasteiger partial charge in [-0.15, -0.1) is 0 Å². The molecule has 62 valence electrons. The third-order valence-electron chi connectivity index (χ3n) is 1.91. The number of aromatic nitrogens is 1. The van der Waals surface area contributed by atoms with Crippen molar-refractivity contribution in [2.45, 2.75) is 0 Å². The molecule has 2 rings (SSSR count). The molecule has 0 unspecified atom stereocenters. The first-order chi connectivity index (χ1) is 6.18. The number of aromatic amines is 1. The number of H-pyrrole nitrogens is 1. The van der Waals surface area contributed by atoms with E-state index < -0.39 is 5.68 Å². The molecule has 0 bridgehead atoms. The lowest BCUT2D eigenvalue weighted by molar-refractivity contribution is 0.108. The fourth-order valence-corrected chi connectivity index (χ4v) is 1.66. The summed E-state index contributed by atoms with van der Waals surface area (Å²) >= 11 is 3.33. The van der Waals surface area contributed by atoms with Gasteiger partial charge >= 0.3 is 0 Å². The highest BCUT2D eigenvalue weighted by Crippen LogP contribution is 2.22. The number of benzene rings is 1. The van der Waals surface area contributed by atoms with Crippen molar-refractivity contribution in [3.63, 3.8) is 0 Å². The monoisotopic (exact) mass is 233 g/mol. The van der Waals surface area contributed by atoms with Gasteiger partial charge in [0.1, 0.15) is 5.68 Å². The lowest BCUT2D eigenvalue weighted by atomic mass is 9.95. The van der Waals surface area contributed by atoms with Gasteiger partial charge < -0.3 is 9.78 Å². The second kappa shape index (κ2) is 3.03. The van der Waals surface area contributed by atoms with Gasteiger partial charge in [0.2, 0.25) is 0 Å². The first kappa shape index (κ1) is 8.57. The summed E-state index contributed by atoms with van der Waals surface area (Å²) in [5, 5.41) is 0.849. The smallest absolute Gasteiger partial charge is 0.175 e. The van der Waals surface area contributed by atoms with Crippen LogP contribution in [0.1, 0.15) is 10.4 Å². The van der Waals surface area contributed by atoms with Crippen LogP contribution in [0.5, 0.6) is 0 Å². The van der Waals surface area contributed by atoms with Gasteiger partial charge in [-0.1, -0.05) is 15.9 Å².